The van der Waals surface area contributed by atoms with Gasteiger partial charge in [-0.05, 0) is 57.6 Å². The quantitative estimate of drug-likeness (QED) is 0.00701. The van der Waals surface area contributed by atoms with Crippen molar-refractivity contribution >= 4 is 176 Å². The van der Waals surface area contributed by atoms with Gasteiger partial charge in [-0.3, -0.25) is 12.9 Å². The number of carbonyl (C=O) groups excluding carboxylic acids is 1. The van der Waals surface area contributed by atoms with E-state index in [4.69, 9.17) is 138 Å². The molecule has 1 aromatic rings. The van der Waals surface area contributed by atoms with Crippen LogP contribution in [0.15, 0.2) is 29.2 Å². The van der Waals surface area contributed by atoms with E-state index in [9.17, 15) is 117 Å². The molecule has 3 N–H and O–H groups in total. The number of ether oxygens (including phenoxy) is 4. The monoisotopic (exact) mass is 2070 g/mol. The van der Waals surface area contributed by atoms with Crippen LogP contribution in [0.2, 0.25) is 0 Å². The zero-order valence-electron chi connectivity index (χ0n) is 55.2. The van der Waals surface area contributed by atoms with Crippen LogP contribution in [0.4, 0.5) is 52.2 Å². The summed E-state index contributed by atoms with van der Waals surface area (Å²) in [6.45, 7) is 10.7. The molecule has 0 saturated heterocycles. The molecule has 75 heteroatoms. The molecule has 682 valence electrons. The van der Waals surface area contributed by atoms with Gasteiger partial charge in [0.2, 0.25) is 0 Å². The van der Waals surface area contributed by atoms with Crippen LogP contribution < -0.4 is 32.4 Å². The SMILES string of the molecule is C.C=O.CCCCOCCCCS(=O)(=O)[O-].CCCOCCCCS(=O)(=O)[O-].CS(=O)(=O)[O-].CS(=O)(=O)[O-].CS(=O)(=O)[O-].Cc1ccc(S(=O)(=O)[O-])cc1.FB(F)F.F[P-](F)(F)(F)(F)F.N#CNC#N.O=S(=O)([O-])CO.O=S(=O)([O-])COCCOCCO.O=S([O-])O[O-].O=[N+]([O-])[O-].[Cl-].[Cl][Al]([Cl])[Cl].[F-].[F-].[F][Sb]([F])([F])([F])[F]. The van der Waals surface area contributed by atoms with Gasteiger partial charge in [0, 0.05) is 56.7 Å². The normalized spacial score (nSPS) is 11.4. The topological polar surface area (TPSA) is 750 Å². The Morgan fingerprint density at radius 2 is 0.809 bits per heavy atom. The number of unbranched alkanes of at least 4 members (excludes halogenated alkanes) is 3. The van der Waals surface area contributed by atoms with Crippen molar-refractivity contribution in [1.29, 1.82) is 10.5 Å². The zero-order chi connectivity index (χ0) is 89.2. The first-order valence-electron chi connectivity index (χ1n) is 24.4. The van der Waals surface area contributed by atoms with E-state index in [2.05, 4.69) is 16.0 Å². The Hall–Kier alpha value is -2.17. The minimum absolute atomic E-state index is 0. The second-order valence-electron chi connectivity index (χ2n) is 15.4. The third-order valence-electron chi connectivity index (χ3n) is 5.33. The minimum atomic E-state index is -10.7. The van der Waals surface area contributed by atoms with Gasteiger partial charge >= 0.3 is 86.3 Å². The molecule has 1 aromatic carbocycles. The van der Waals surface area contributed by atoms with Gasteiger partial charge in [-0.2, -0.15) is 10.5 Å². The predicted octanol–water partition coefficient (Wildman–Crippen LogP) is -6.25. The summed E-state index contributed by atoms with van der Waals surface area (Å²) in [4.78, 5) is 16.1. The first-order chi connectivity index (χ1) is 46.3. The van der Waals surface area contributed by atoms with Crippen molar-refractivity contribution in [1.82, 2.24) is 5.32 Å². The molecule has 1 atom stereocenters. The van der Waals surface area contributed by atoms with Crippen LogP contribution in [0.25, 0.3) is 0 Å². The number of hydrogen-bond acceptors (Lipinski definition) is 41. The first kappa shape index (κ1) is 156. The zero-order valence-corrected chi connectivity index (χ0v) is 70.1. The van der Waals surface area contributed by atoms with Crippen molar-refractivity contribution in [3.05, 3.63) is 45.2 Å². The van der Waals surface area contributed by atoms with Crippen LogP contribution in [-0.4, -0.2) is 269 Å². The van der Waals surface area contributed by atoms with Crippen molar-refractivity contribution in [3.63, 3.8) is 0 Å². The van der Waals surface area contributed by atoms with Gasteiger partial charge in [-0.15, -0.1) is 0 Å². The van der Waals surface area contributed by atoms with Gasteiger partial charge in [-0.1, -0.05) is 45.4 Å². The van der Waals surface area contributed by atoms with Crippen LogP contribution in [0.5, 0.6) is 0 Å². The first-order valence-corrected chi connectivity index (χ1v) is 50.6. The number of aryl methyl sites for hydroxylation is 1. The van der Waals surface area contributed by atoms with Gasteiger partial charge in [0.25, 0.3) is 0 Å². The van der Waals surface area contributed by atoms with Crippen LogP contribution in [0.3, 0.4) is 0 Å². The average Bonchev–Trinajstić information content (AvgIpc) is 0.792. The van der Waals surface area contributed by atoms with E-state index < -0.39 is 156 Å². The molecule has 1 unspecified atom stereocenters. The maximum atomic E-state index is 10.4. The molecule has 0 aliphatic rings. The summed E-state index contributed by atoms with van der Waals surface area (Å²) < 4.78 is 408. The van der Waals surface area contributed by atoms with Gasteiger partial charge in [0.05, 0.1) is 98.4 Å². The van der Waals surface area contributed by atoms with Crippen molar-refractivity contribution in [2.75, 3.05) is 95.0 Å². The molecule has 0 amide bonds. The number of benzene rings is 1. The molecule has 42 nitrogen and oxygen atoms in total. The van der Waals surface area contributed by atoms with Gasteiger partial charge in [-0.25, -0.2) is 107 Å². The van der Waals surface area contributed by atoms with E-state index in [0.29, 0.717) is 64.3 Å². The number of nitrogens with zero attached hydrogens (tertiary/aromatic N) is 3. The number of halogens is 20. The van der Waals surface area contributed by atoms with Crippen molar-refractivity contribution in [3.8, 4) is 12.4 Å². The third kappa shape index (κ3) is 488. The molecule has 0 spiro atoms. The molecule has 0 bridgehead atoms. The summed E-state index contributed by atoms with van der Waals surface area (Å²) in [5.74, 6) is -2.70. The van der Waals surface area contributed by atoms with E-state index in [0.717, 1.165) is 31.4 Å². The molecule has 110 heavy (non-hydrogen) atoms. The van der Waals surface area contributed by atoms with Gasteiger partial charge in [0.15, 0.2) is 12.4 Å². The van der Waals surface area contributed by atoms with Gasteiger partial charge < -0.3 is 122 Å². The molecule has 0 aliphatic carbocycles. The number of aliphatic hydroxyl groups is 2. The number of hydrogen-bond donors (Lipinski definition) is 3. The second-order valence-corrected chi connectivity index (χ2v) is 39.4. The fraction of sp³-hybridized carbons (Fsp3) is 0.743. The summed E-state index contributed by atoms with van der Waals surface area (Å²) in [7, 11) is -32.2. The van der Waals surface area contributed by atoms with E-state index in [1.807, 2.05) is 20.6 Å². The van der Waals surface area contributed by atoms with Crippen LogP contribution in [0.1, 0.15) is 71.8 Å². The van der Waals surface area contributed by atoms with Crippen LogP contribution in [-0.2, 0) is 120 Å². The molecule has 0 aliphatic heterocycles. The van der Waals surface area contributed by atoms with E-state index in [-0.39, 0.29) is 72.1 Å². The molecule has 0 fully saturated rings. The molecular formula is C35H69AlBCl4F16N4O38PS9Sb-15. The number of carbonyl (C=O) groups is 1. The molecule has 1 rings (SSSR count). The summed E-state index contributed by atoms with van der Waals surface area (Å²) in [6, 6.07) is 5.78. The number of nitrogens with one attached hydrogen (secondary N) is 1. The third-order valence-corrected chi connectivity index (χ3v) is 8.64. The van der Waals surface area contributed by atoms with E-state index in [1.54, 1.807) is 17.4 Å². The fourth-order valence-corrected chi connectivity index (χ4v) is 4.64. The standard InChI is InChI=1S/C8H18O4S.C7H16O4S.C7H8O3S.C5H12O6S.C2HN3.CH4O4S.3CH4O3S.CH2O.CH4.Al.BF3.4ClH.F6P.7FH.NO3.H2O4S.Sb/c1-2-3-6-12-7-4-5-8-13(9,10)11;1-2-5-11-6-3-4-7-12(8,9)10;1-6-2-4-7(5-3-6)11(8,9)10;6-1-2-10-3-4-11-5-12(7,8)9;3-1-5-2-4;2-1-6(3,4)5;3*1-5(2,3)4;1-2;;;2-1(3)4;;;;;1-7(2,3,4,5)6;;;;;;;;2-1(3)4;1-4-5(2)3;/h2-8H2,1H3,(H,9,10,11);2-7H2,1H3,(H,8,9,10);2-5H,1H3,(H,8,9,10);6H,1-5H2,(H,7,8,9);5H;2H,1H2,(H,3,4,5);3*1H3,(H,2,3,4);1H2;1H4;;;4*1H;;7*1H;;1H,(H,2,3);/q;;;;;;;;;;;+3;;;;;;-1;;;;;;;;-1;;+5/p-21. The molecule has 0 aromatic heterocycles. The van der Waals surface area contributed by atoms with E-state index >= 15 is 0 Å². The van der Waals surface area contributed by atoms with Crippen LogP contribution in [0, 0.1) is 45.2 Å². The molecular weight excluding hydrogens is 2010 g/mol. The summed E-state index contributed by atoms with van der Waals surface area (Å²) in [5, 5.41) is 55.7. The average molecular weight is 2080 g/mol. The van der Waals surface area contributed by atoms with Gasteiger partial charge in [0.1, 0.15) is 49.0 Å². The molecule has 0 saturated carbocycles. The van der Waals surface area contributed by atoms with Crippen LogP contribution >= 0.6 is 38.0 Å². The molecule has 0 heterocycles. The van der Waals surface area contributed by atoms with Crippen molar-refractivity contribution in [2.45, 2.75) is 78.0 Å². The number of nitriles is 2. The summed E-state index contributed by atoms with van der Waals surface area (Å²) in [5.41, 5.74) is 0.928. The summed E-state index contributed by atoms with van der Waals surface area (Å²) >= 11 is -13.8. The number of aliphatic hydroxyl groups excluding tert-OH is 2. The summed E-state index contributed by atoms with van der Waals surface area (Å²) in [6.07, 6.45) is 9.79. The Morgan fingerprint density at radius 3 is 0.982 bits per heavy atom. The maximum absolute atomic E-state index is 10.7. The van der Waals surface area contributed by atoms with E-state index in [1.165, 1.54) is 24.5 Å². The van der Waals surface area contributed by atoms with Crippen molar-refractivity contribution < 1.29 is 235 Å². The second kappa shape index (κ2) is 83.3. The Kier molecular flexibility index (Phi) is 118. The predicted molar refractivity (Wildman–Crippen MR) is 341 cm³/mol. The fourth-order valence-electron chi connectivity index (χ4n) is 2.74. The Balaban J connectivity index is -0.0000000481. The Bertz CT molecular complexity index is 3200. The molecule has 0 radical (unpaired) electrons. The Morgan fingerprint density at radius 1 is 0.582 bits per heavy atom. The van der Waals surface area contributed by atoms with Crippen molar-refractivity contribution in [2.24, 2.45) is 0 Å². The Labute approximate surface area is 652 Å². The number of rotatable bonds is 25.